The first-order valence-electron chi connectivity index (χ1n) is 8.49. The van der Waals surface area contributed by atoms with Crippen LogP contribution in [0.5, 0.6) is 0 Å². The average molecular weight is 340 g/mol. The molecule has 23 heavy (non-hydrogen) atoms. The molecule has 1 saturated heterocycles. The predicted molar refractivity (Wildman–Crippen MR) is 93.3 cm³/mol. The third-order valence-electron chi connectivity index (χ3n) is 4.21. The Morgan fingerprint density at radius 2 is 1.87 bits per heavy atom. The molecule has 1 heterocycles. The molecular weight excluding hydrogens is 311 g/mol. The quantitative estimate of drug-likeness (QED) is 0.732. The normalized spacial score (nSPS) is 23.1. The topological polar surface area (TPSA) is 50.8 Å². The van der Waals surface area contributed by atoms with Crippen molar-refractivity contribution in [2.45, 2.75) is 39.8 Å². The minimum Gasteiger partial charge on any atom is -0.298 e. The molecule has 0 bridgehead atoms. The van der Waals surface area contributed by atoms with Crippen molar-refractivity contribution in [3.8, 4) is 0 Å². The minimum absolute atomic E-state index is 0.108. The van der Waals surface area contributed by atoms with Crippen LogP contribution in [0.1, 0.15) is 32.8 Å². The molecule has 1 aromatic rings. The summed E-state index contributed by atoms with van der Waals surface area (Å²) in [6.07, 6.45) is 1.07. The maximum atomic E-state index is 12.7. The van der Waals surface area contributed by atoms with Crippen molar-refractivity contribution in [1.82, 2.24) is 9.99 Å². The first-order chi connectivity index (χ1) is 11.1. The van der Waals surface area contributed by atoms with Crippen LogP contribution in [0.15, 0.2) is 30.3 Å². The summed E-state index contributed by atoms with van der Waals surface area (Å²) in [7, 11) is -3.21. The van der Waals surface area contributed by atoms with Crippen molar-refractivity contribution in [2.24, 2.45) is 5.92 Å². The molecule has 1 aliphatic heterocycles. The van der Waals surface area contributed by atoms with Crippen LogP contribution in [0.4, 0.5) is 0 Å². The smallest absolute Gasteiger partial charge is 0.298 e. The van der Waals surface area contributed by atoms with E-state index in [9.17, 15) is 4.57 Å². The number of rotatable bonds is 8. The molecule has 0 spiro atoms. The third kappa shape index (κ3) is 5.70. The zero-order chi connectivity index (χ0) is 16.7. The lowest BCUT2D eigenvalue weighted by atomic mass is 9.94. The monoisotopic (exact) mass is 340 g/mol. The van der Waals surface area contributed by atoms with Gasteiger partial charge in [0.1, 0.15) is 0 Å². The molecule has 5 nitrogen and oxygen atoms in total. The maximum absolute atomic E-state index is 12.7. The Labute approximate surface area is 139 Å². The van der Waals surface area contributed by atoms with E-state index in [1.807, 2.05) is 19.9 Å². The van der Waals surface area contributed by atoms with Crippen molar-refractivity contribution in [1.29, 1.82) is 0 Å². The summed E-state index contributed by atoms with van der Waals surface area (Å²) in [5.74, 6) is 0.441. The molecular formula is C17H29N2O3P. The highest BCUT2D eigenvalue weighted by Crippen LogP contribution is 2.45. The first kappa shape index (κ1) is 18.6. The van der Waals surface area contributed by atoms with Gasteiger partial charge in [-0.25, -0.2) is 9.65 Å². The van der Waals surface area contributed by atoms with Gasteiger partial charge in [-0.15, -0.1) is 0 Å². The Morgan fingerprint density at radius 3 is 2.48 bits per heavy atom. The molecule has 0 saturated carbocycles. The van der Waals surface area contributed by atoms with E-state index < -0.39 is 7.75 Å². The van der Waals surface area contributed by atoms with Crippen LogP contribution in [0.25, 0.3) is 0 Å². The number of hydrogen-bond donors (Lipinski definition) is 1. The number of benzene rings is 1. The van der Waals surface area contributed by atoms with Crippen molar-refractivity contribution in [3.05, 3.63) is 35.9 Å². The minimum atomic E-state index is -3.21. The lowest BCUT2D eigenvalue weighted by Crippen LogP contribution is -2.49. The van der Waals surface area contributed by atoms with Crippen molar-refractivity contribution < 1.29 is 13.6 Å². The molecule has 0 aromatic heterocycles. The summed E-state index contributed by atoms with van der Waals surface area (Å²) in [6.45, 7) is 9.43. The Balaban J connectivity index is 1.98. The molecule has 2 rings (SSSR count). The Kier molecular flexibility index (Phi) is 7.25. The van der Waals surface area contributed by atoms with Crippen LogP contribution in [0.3, 0.4) is 0 Å². The Bertz CT molecular complexity index is 502. The number of hydrogen-bond acceptors (Lipinski definition) is 4. The lowest BCUT2D eigenvalue weighted by molar-refractivity contribution is 0.138. The van der Waals surface area contributed by atoms with Gasteiger partial charge < -0.3 is 0 Å². The molecule has 1 aliphatic rings. The van der Waals surface area contributed by atoms with E-state index in [4.69, 9.17) is 9.05 Å². The number of piperidine rings is 1. The van der Waals surface area contributed by atoms with Gasteiger partial charge in [-0.1, -0.05) is 37.3 Å². The van der Waals surface area contributed by atoms with E-state index in [0.717, 1.165) is 26.1 Å². The highest BCUT2D eigenvalue weighted by Gasteiger charge is 2.33. The second-order valence-corrected chi connectivity index (χ2v) is 7.82. The van der Waals surface area contributed by atoms with Crippen LogP contribution in [-0.2, 0) is 20.2 Å². The molecule has 1 aromatic carbocycles. The SMILES string of the molecule is CCOP(=O)(N[C@H]1CN(Cc2ccccc2)CC[C@@H]1C)OCC. The van der Waals surface area contributed by atoms with Crippen LogP contribution in [0.2, 0.25) is 0 Å². The molecule has 0 radical (unpaired) electrons. The van der Waals surface area contributed by atoms with E-state index in [-0.39, 0.29) is 6.04 Å². The van der Waals surface area contributed by atoms with Gasteiger partial charge in [-0.3, -0.25) is 13.9 Å². The number of nitrogens with one attached hydrogen (secondary N) is 1. The number of likely N-dealkylation sites (tertiary alicyclic amines) is 1. The highest BCUT2D eigenvalue weighted by molar-refractivity contribution is 7.51. The molecule has 1 fully saturated rings. The van der Waals surface area contributed by atoms with Crippen molar-refractivity contribution in [2.75, 3.05) is 26.3 Å². The van der Waals surface area contributed by atoms with Crippen molar-refractivity contribution >= 4 is 7.75 Å². The first-order valence-corrected chi connectivity index (χ1v) is 10.0. The molecule has 0 amide bonds. The summed E-state index contributed by atoms with van der Waals surface area (Å²) < 4.78 is 23.5. The van der Waals surface area contributed by atoms with Gasteiger partial charge >= 0.3 is 7.75 Å². The predicted octanol–water partition coefficient (Wildman–Crippen LogP) is 3.67. The summed E-state index contributed by atoms with van der Waals surface area (Å²) in [5.41, 5.74) is 1.30. The third-order valence-corrected chi connectivity index (χ3v) is 6.06. The van der Waals surface area contributed by atoms with Crippen LogP contribution < -0.4 is 5.09 Å². The number of nitrogens with zero attached hydrogens (tertiary/aromatic N) is 1. The van der Waals surface area contributed by atoms with Gasteiger partial charge in [0, 0.05) is 19.1 Å². The average Bonchev–Trinajstić information content (AvgIpc) is 2.52. The highest BCUT2D eigenvalue weighted by atomic mass is 31.2. The molecule has 0 aliphatic carbocycles. The van der Waals surface area contributed by atoms with E-state index in [2.05, 4.69) is 41.2 Å². The zero-order valence-corrected chi connectivity index (χ0v) is 15.3. The van der Waals surface area contributed by atoms with E-state index in [1.165, 1.54) is 5.56 Å². The second kappa shape index (κ2) is 8.95. The van der Waals surface area contributed by atoms with Gasteiger partial charge in [-0.2, -0.15) is 0 Å². The van der Waals surface area contributed by atoms with E-state index >= 15 is 0 Å². The second-order valence-electron chi connectivity index (χ2n) is 6.06. The van der Waals surface area contributed by atoms with Gasteiger partial charge in [0.2, 0.25) is 0 Å². The summed E-state index contributed by atoms with van der Waals surface area (Å²) >= 11 is 0. The fourth-order valence-corrected chi connectivity index (χ4v) is 4.59. The van der Waals surface area contributed by atoms with Gasteiger partial charge in [0.05, 0.1) is 13.2 Å². The lowest BCUT2D eigenvalue weighted by Gasteiger charge is -2.38. The molecule has 6 heteroatoms. The maximum Gasteiger partial charge on any atom is 0.405 e. The van der Waals surface area contributed by atoms with Crippen LogP contribution in [0, 0.1) is 5.92 Å². The summed E-state index contributed by atoms with van der Waals surface area (Å²) in [4.78, 5) is 2.40. The summed E-state index contributed by atoms with van der Waals surface area (Å²) in [6, 6.07) is 10.6. The van der Waals surface area contributed by atoms with Crippen LogP contribution in [-0.4, -0.2) is 37.2 Å². The van der Waals surface area contributed by atoms with E-state index in [1.54, 1.807) is 0 Å². The Hall–Kier alpha value is -0.710. The molecule has 2 atom stereocenters. The fourth-order valence-electron chi connectivity index (χ4n) is 2.94. The molecule has 130 valence electrons. The van der Waals surface area contributed by atoms with Gasteiger partial charge in [0.15, 0.2) is 0 Å². The standard InChI is InChI=1S/C17H29N2O3P/c1-4-21-23(20,22-5-2)18-17-14-19(12-11-15(17)3)13-16-9-7-6-8-10-16/h6-10,15,17H,4-5,11-14H2,1-3H3,(H,18,20)/t15-,17-/m0/s1. The molecule has 1 N–H and O–H groups in total. The Morgan fingerprint density at radius 1 is 1.22 bits per heavy atom. The zero-order valence-electron chi connectivity index (χ0n) is 14.4. The van der Waals surface area contributed by atoms with Crippen LogP contribution >= 0.6 is 7.75 Å². The summed E-state index contributed by atoms with van der Waals surface area (Å²) in [5, 5.41) is 3.17. The largest absolute Gasteiger partial charge is 0.405 e. The van der Waals surface area contributed by atoms with Crippen molar-refractivity contribution in [3.63, 3.8) is 0 Å². The van der Waals surface area contributed by atoms with Gasteiger partial charge in [-0.05, 0) is 38.3 Å². The molecule has 0 unspecified atom stereocenters. The van der Waals surface area contributed by atoms with Gasteiger partial charge in [0.25, 0.3) is 0 Å². The fraction of sp³-hybridized carbons (Fsp3) is 0.647. The van der Waals surface area contributed by atoms with E-state index in [0.29, 0.717) is 19.1 Å².